The summed E-state index contributed by atoms with van der Waals surface area (Å²) in [6.45, 7) is 2.98. The third kappa shape index (κ3) is 3.50. The van der Waals surface area contributed by atoms with Crippen LogP contribution in [-0.2, 0) is 12.8 Å². The lowest BCUT2D eigenvalue weighted by atomic mass is 9.94. The first-order valence-corrected chi connectivity index (χ1v) is 9.66. The topological polar surface area (TPSA) is 64.8 Å². The standard InChI is InChI=1S/C21H25N5/c22-13-17-5-1-4-8-20(17)26-11-9-16(10-12-26)14-23-21-18-6-2-3-7-19(18)24-15-25-21/h1,4-5,8,15-16H,2-3,6-7,9-12,14H2,(H,23,24,25). The number of rotatable bonds is 4. The molecule has 5 nitrogen and oxygen atoms in total. The van der Waals surface area contributed by atoms with E-state index in [2.05, 4.69) is 32.3 Å². The lowest BCUT2D eigenvalue weighted by Crippen LogP contribution is -2.36. The SMILES string of the molecule is N#Cc1ccccc1N1CCC(CNc2ncnc3c2CCCC3)CC1. The molecule has 2 heterocycles. The number of fused-ring (bicyclic) bond motifs is 1. The average molecular weight is 347 g/mol. The van der Waals surface area contributed by atoms with Crippen LogP contribution in [0.4, 0.5) is 11.5 Å². The minimum atomic E-state index is 0.648. The van der Waals surface area contributed by atoms with Crippen LogP contribution >= 0.6 is 0 Å². The Morgan fingerprint density at radius 3 is 2.77 bits per heavy atom. The lowest BCUT2D eigenvalue weighted by molar-refractivity contribution is 0.423. The Balaban J connectivity index is 1.34. The van der Waals surface area contributed by atoms with Gasteiger partial charge < -0.3 is 10.2 Å². The third-order valence-electron chi connectivity index (χ3n) is 5.66. The highest BCUT2D eigenvalue weighted by Gasteiger charge is 2.22. The second-order valence-electron chi connectivity index (χ2n) is 7.29. The first-order chi connectivity index (χ1) is 12.8. The van der Waals surface area contributed by atoms with Crippen LogP contribution in [-0.4, -0.2) is 29.6 Å². The summed E-state index contributed by atoms with van der Waals surface area (Å²) in [5.74, 6) is 1.70. The molecule has 1 saturated heterocycles. The maximum absolute atomic E-state index is 9.31. The van der Waals surface area contributed by atoms with E-state index in [1.54, 1.807) is 6.33 Å². The van der Waals surface area contributed by atoms with Crippen LogP contribution in [0.2, 0.25) is 0 Å². The van der Waals surface area contributed by atoms with E-state index in [0.29, 0.717) is 5.92 Å². The van der Waals surface area contributed by atoms with Crippen LogP contribution in [0, 0.1) is 17.2 Å². The summed E-state index contributed by atoms with van der Waals surface area (Å²) >= 11 is 0. The highest BCUT2D eigenvalue weighted by molar-refractivity contribution is 5.59. The molecule has 26 heavy (non-hydrogen) atoms. The van der Waals surface area contributed by atoms with Crippen molar-refractivity contribution in [2.24, 2.45) is 5.92 Å². The molecule has 1 aromatic carbocycles. The van der Waals surface area contributed by atoms with Gasteiger partial charge in [0.15, 0.2) is 0 Å². The van der Waals surface area contributed by atoms with Gasteiger partial charge in [0, 0.05) is 30.9 Å². The Morgan fingerprint density at radius 2 is 1.92 bits per heavy atom. The zero-order valence-electron chi connectivity index (χ0n) is 15.1. The molecule has 0 bridgehead atoms. The van der Waals surface area contributed by atoms with Gasteiger partial charge in [-0.1, -0.05) is 12.1 Å². The van der Waals surface area contributed by atoms with Gasteiger partial charge in [-0.2, -0.15) is 5.26 Å². The normalized spacial score (nSPS) is 17.4. The van der Waals surface area contributed by atoms with E-state index in [0.717, 1.165) is 62.4 Å². The van der Waals surface area contributed by atoms with Crippen LogP contribution in [0.25, 0.3) is 0 Å². The summed E-state index contributed by atoms with van der Waals surface area (Å²) in [6.07, 6.45) is 8.65. The molecule has 1 N–H and O–H groups in total. The van der Waals surface area contributed by atoms with Crippen molar-refractivity contribution in [1.82, 2.24) is 9.97 Å². The van der Waals surface area contributed by atoms with E-state index in [-0.39, 0.29) is 0 Å². The van der Waals surface area contributed by atoms with E-state index < -0.39 is 0 Å². The number of nitrogens with zero attached hydrogens (tertiary/aromatic N) is 4. The van der Waals surface area contributed by atoms with Gasteiger partial charge in [-0.15, -0.1) is 0 Å². The van der Waals surface area contributed by atoms with Gasteiger partial charge in [0.1, 0.15) is 18.2 Å². The molecular weight excluding hydrogens is 322 g/mol. The van der Waals surface area contributed by atoms with Gasteiger partial charge in [-0.3, -0.25) is 0 Å². The van der Waals surface area contributed by atoms with Crippen LogP contribution < -0.4 is 10.2 Å². The van der Waals surface area contributed by atoms with Crippen molar-refractivity contribution in [3.8, 4) is 6.07 Å². The zero-order valence-corrected chi connectivity index (χ0v) is 15.1. The van der Waals surface area contributed by atoms with Gasteiger partial charge >= 0.3 is 0 Å². The number of nitrogens with one attached hydrogen (secondary N) is 1. The Labute approximate surface area is 155 Å². The van der Waals surface area contributed by atoms with Crippen molar-refractivity contribution in [1.29, 1.82) is 5.26 Å². The molecule has 0 unspecified atom stereocenters. The molecular formula is C21H25N5. The summed E-state index contributed by atoms with van der Waals surface area (Å²) in [6, 6.07) is 10.2. The molecule has 2 aromatic rings. The highest BCUT2D eigenvalue weighted by Crippen LogP contribution is 2.28. The maximum atomic E-state index is 9.31. The fourth-order valence-corrected chi connectivity index (χ4v) is 4.14. The molecule has 0 amide bonds. The van der Waals surface area contributed by atoms with E-state index in [1.165, 1.54) is 24.1 Å². The Morgan fingerprint density at radius 1 is 1.12 bits per heavy atom. The number of aryl methyl sites for hydroxylation is 1. The van der Waals surface area contributed by atoms with Crippen LogP contribution in [0.15, 0.2) is 30.6 Å². The molecule has 4 rings (SSSR count). The van der Waals surface area contributed by atoms with E-state index in [4.69, 9.17) is 0 Å². The average Bonchev–Trinajstić information content (AvgIpc) is 2.72. The summed E-state index contributed by atoms with van der Waals surface area (Å²) in [5.41, 5.74) is 4.42. The van der Waals surface area contributed by atoms with Gasteiger partial charge in [0.25, 0.3) is 0 Å². The minimum Gasteiger partial charge on any atom is -0.370 e. The number of aromatic nitrogens is 2. The van der Waals surface area contributed by atoms with E-state index in [9.17, 15) is 5.26 Å². The molecule has 2 aliphatic rings. The van der Waals surface area contributed by atoms with Crippen molar-refractivity contribution < 1.29 is 0 Å². The van der Waals surface area contributed by atoms with Gasteiger partial charge in [-0.25, -0.2) is 9.97 Å². The number of anilines is 2. The predicted octanol–water partition coefficient (Wildman–Crippen LogP) is 3.56. The smallest absolute Gasteiger partial charge is 0.132 e. The number of hydrogen-bond donors (Lipinski definition) is 1. The first kappa shape index (κ1) is 16.8. The quantitative estimate of drug-likeness (QED) is 0.916. The van der Waals surface area contributed by atoms with Crippen molar-refractivity contribution in [2.45, 2.75) is 38.5 Å². The van der Waals surface area contributed by atoms with Crippen LogP contribution in [0.3, 0.4) is 0 Å². The first-order valence-electron chi connectivity index (χ1n) is 9.66. The summed E-state index contributed by atoms with van der Waals surface area (Å²) in [7, 11) is 0. The molecule has 0 spiro atoms. The fourth-order valence-electron chi connectivity index (χ4n) is 4.14. The van der Waals surface area contributed by atoms with Gasteiger partial charge in [0.2, 0.25) is 0 Å². The third-order valence-corrected chi connectivity index (χ3v) is 5.66. The second kappa shape index (κ2) is 7.74. The van der Waals surface area contributed by atoms with Crippen molar-refractivity contribution in [3.05, 3.63) is 47.4 Å². The molecule has 5 heteroatoms. The molecule has 1 fully saturated rings. The zero-order chi connectivity index (χ0) is 17.8. The van der Waals surface area contributed by atoms with E-state index >= 15 is 0 Å². The van der Waals surface area contributed by atoms with Crippen LogP contribution in [0.5, 0.6) is 0 Å². The number of hydrogen-bond acceptors (Lipinski definition) is 5. The number of para-hydroxylation sites is 1. The number of benzene rings is 1. The molecule has 0 atom stereocenters. The highest BCUT2D eigenvalue weighted by atomic mass is 15.1. The van der Waals surface area contributed by atoms with Crippen LogP contribution in [0.1, 0.15) is 42.5 Å². The molecule has 1 aliphatic carbocycles. The van der Waals surface area contributed by atoms with Crippen molar-refractivity contribution >= 4 is 11.5 Å². The minimum absolute atomic E-state index is 0.648. The molecule has 134 valence electrons. The monoisotopic (exact) mass is 347 g/mol. The Bertz CT molecular complexity index is 802. The summed E-state index contributed by atoms with van der Waals surface area (Å²) < 4.78 is 0. The largest absolute Gasteiger partial charge is 0.370 e. The summed E-state index contributed by atoms with van der Waals surface area (Å²) in [4.78, 5) is 11.3. The Hall–Kier alpha value is -2.61. The number of piperidine rings is 1. The molecule has 0 saturated carbocycles. The molecule has 1 aliphatic heterocycles. The summed E-state index contributed by atoms with van der Waals surface area (Å²) in [5, 5.41) is 12.9. The fraction of sp³-hybridized carbons (Fsp3) is 0.476. The van der Waals surface area contributed by atoms with Crippen molar-refractivity contribution in [2.75, 3.05) is 29.9 Å². The van der Waals surface area contributed by atoms with E-state index in [1.807, 2.05) is 18.2 Å². The van der Waals surface area contributed by atoms with Crippen molar-refractivity contribution in [3.63, 3.8) is 0 Å². The lowest BCUT2D eigenvalue weighted by Gasteiger charge is -2.34. The Kier molecular flexibility index (Phi) is 5.01. The predicted molar refractivity (Wildman–Crippen MR) is 103 cm³/mol. The maximum Gasteiger partial charge on any atom is 0.132 e. The second-order valence-corrected chi connectivity index (χ2v) is 7.29. The molecule has 1 aromatic heterocycles. The molecule has 0 radical (unpaired) electrons. The number of nitriles is 1. The van der Waals surface area contributed by atoms with Gasteiger partial charge in [-0.05, 0) is 56.6 Å². The van der Waals surface area contributed by atoms with Gasteiger partial charge in [0.05, 0.1) is 11.3 Å².